The molecule has 2 unspecified atom stereocenters. The molecule has 0 heterocycles. The maximum Gasteiger partial charge on any atom is 0.222 e. The number of rotatable bonds is 9. The Morgan fingerprint density at radius 2 is 1.95 bits per heavy atom. The predicted octanol–water partition coefficient (Wildman–Crippen LogP) is 3.05. The molecule has 0 bridgehead atoms. The molecule has 3 nitrogen and oxygen atoms in total. The fourth-order valence-electron chi connectivity index (χ4n) is 1.91. The minimum absolute atomic E-state index is 0.0791. The molecule has 1 amide bonds. The zero-order valence-corrected chi connectivity index (χ0v) is 13.3. The first kappa shape index (κ1) is 17.1. The summed E-state index contributed by atoms with van der Waals surface area (Å²) < 4.78 is 0. The van der Waals surface area contributed by atoms with Gasteiger partial charge in [-0.3, -0.25) is 4.79 Å². The molecule has 112 valence electrons. The highest BCUT2D eigenvalue weighted by atomic mass is 32.2. The molecule has 0 aromatic heterocycles. The number of thioether (sulfide) groups is 1. The topological polar surface area (TPSA) is 55.1 Å². The van der Waals surface area contributed by atoms with E-state index in [9.17, 15) is 4.79 Å². The highest BCUT2D eigenvalue weighted by molar-refractivity contribution is 7.99. The Kier molecular flexibility index (Phi) is 8.38. The number of amides is 1. The van der Waals surface area contributed by atoms with Crippen LogP contribution in [0.3, 0.4) is 0 Å². The van der Waals surface area contributed by atoms with Crippen LogP contribution in [-0.4, -0.2) is 24.2 Å². The third-order valence-electron chi connectivity index (χ3n) is 3.16. The fourth-order valence-corrected chi connectivity index (χ4v) is 2.70. The average molecular weight is 294 g/mol. The Morgan fingerprint density at radius 1 is 1.25 bits per heavy atom. The van der Waals surface area contributed by atoms with E-state index in [2.05, 4.69) is 17.4 Å². The molecule has 20 heavy (non-hydrogen) atoms. The molecule has 0 aliphatic rings. The Balaban J connectivity index is 2.10. The minimum Gasteiger partial charge on any atom is -0.355 e. The van der Waals surface area contributed by atoms with Gasteiger partial charge in [0.25, 0.3) is 0 Å². The molecular formula is C16H26N2OS. The summed E-state index contributed by atoms with van der Waals surface area (Å²) in [5.74, 6) is 1.14. The monoisotopic (exact) mass is 294 g/mol. The summed E-state index contributed by atoms with van der Waals surface area (Å²) in [6.45, 7) is 4.71. The molecule has 1 aromatic rings. The summed E-state index contributed by atoms with van der Waals surface area (Å²) in [4.78, 5) is 13.1. The van der Waals surface area contributed by atoms with Gasteiger partial charge in [-0.2, -0.15) is 0 Å². The van der Waals surface area contributed by atoms with Gasteiger partial charge in [-0.25, -0.2) is 0 Å². The van der Waals surface area contributed by atoms with Gasteiger partial charge in [0.2, 0.25) is 5.91 Å². The summed E-state index contributed by atoms with van der Waals surface area (Å²) in [6, 6.07) is 10.5. The van der Waals surface area contributed by atoms with Gasteiger partial charge in [-0.05, 0) is 31.9 Å². The van der Waals surface area contributed by atoms with Crippen molar-refractivity contribution in [3.05, 3.63) is 30.3 Å². The molecule has 2 atom stereocenters. The van der Waals surface area contributed by atoms with Gasteiger partial charge in [0, 0.05) is 29.2 Å². The van der Waals surface area contributed by atoms with Crippen molar-refractivity contribution < 1.29 is 4.79 Å². The third-order valence-corrected chi connectivity index (χ3v) is 4.17. The normalized spacial score (nSPS) is 13.8. The van der Waals surface area contributed by atoms with E-state index in [4.69, 9.17) is 5.73 Å². The number of nitrogens with two attached hydrogens (primary N) is 1. The van der Waals surface area contributed by atoms with E-state index in [1.807, 2.05) is 32.0 Å². The molecular weight excluding hydrogens is 268 g/mol. The van der Waals surface area contributed by atoms with E-state index < -0.39 is 0 Å². The van der Waals surface area contributed by atoms with Crippen molar-refractivity contribution >= 4 is 17.7 Å². The molecule has 0 fully saturated rings. The molecule has 0 saturated heterocycles. The average Bonchev–Trinajstić information content (AvgIpc) is 2.44. The lowest BCUT2D eigenvalue weighted by Crippen LogP contribution is -2.31. The maximum absolute atomic E-state index is 11.9. The number of hydrogen-bond donors (Lipinski definition) is 2. The molecule has 1 rings (SSSR count). The van der Waals surface area contributed by atoms with Crippen LogP contribution in [0.1, 0.15) is 33.1 Å². The van der Waals surface area contributed by atoms with Crippen molar-refractivity contribution in [3.63, 3.8) is 0 Å². The van der Waals surface area contributed by atoms with Gasteiger partial charge in [0.15, 0.2) is 0 Å². The van der Waals surface area contributed by atoms with Gasteiger partial charge >= 0.3 is 0 Å². The van der Waals surface area contributed by atoms with Crippen LogP contribution in [0.5, 0.6) is 0 Å². The molecule has 0 saturated carbocycles. The zero-order chi connectivity index (χ0) is 14.8. The number of hydrogen-bond acceptors (Lipinski definition) is 3. The van der Waals surface area contributed by atoms with Crippen molar-refractivity contribution in [2.24, 2.45) is 11.7 Å². The summed E-state index contributed by atoms with van der Waals surface area (Å²) >= 11 is 1.76. The largest absolute Gasteiger partial charge is 0.355 e. The van der Waals surface area contributed by atoms with Crippen LogP contribution in [0, 0.1) is 5.92 Å². The van der Waals surface area contributed by atoms with Crippen LogP contribution in [0.15, 0.2) is 35.2 Å². The molecule has 0 spiro atoms. The molecule has 1 aromatic carbocycles. The molecule has 0 aliphatic heterocycles. The van der Waals surface area contributed by atoms with E-state index >= 15 is 0 Å². The second-order valence-corrected chi connectivity index (χ2v) is 6.43. The van der Waals surface area contributed by atoms with Crippen molar-refractivity contribution in [2.75, 3.05) is 12.3 Å². The molecule has 3 N–H and O–H groups in total. The Morgan fingerprint density at radius 3 is 2.60 bits per heavy atom. The summed E-state index contributed by atoms with van der Waals surface area (Å²) in [6.07, 6.45) is 2.92. The van der Waals surface area contributed by atoms with Gasteiger partial charge in [-0.1, -0.05) is 31.5 Å². The van der Waals surface area contributed by atoms with Crippen LogP contribution >= 0.6 is 11.8 Å². The standard InChI is InChI=1S/C16H26N2OS/c1-13(7-6-8-14(2)17)16(19)18-11-12-20-15-9-4-3-5-10-15/h3-5,9-10,13-14H,6-8,11-12,17H2,1-2H3,(H,18,19). The van der Waals surface area contributed by atoms with E-state index in [-0.39, 0.29) is 17.9 Å². The number of nitrogens with one attached hydrogen (secondary N) is 1. The summed E-state index contributed by atoms with van der Waals surface area (Å²) in [7, 11) is 0. The maximum atomic E-state index is 11.9. The SMILES string of the molecule is CC(N)CCCC(C)C(=O)NCCSc1ccccc1. The smallest absolute Gasteiger partial charge is 0.222 e. The van der Waals surface area contributed by atoms with Gasteiger partial charge < -0.3 is 11.1 Å². The first-order chi connectivity index (χ1) is 9.59. The summed E-state index contributed by atoms with van der Waals surface area (Å²) in [5.41, 5.74) is 5.70. The number of carbonyl (C=O) groups is 1. The first-order valence-corrected chi connectivity index (χ1v) is 8.29. The van der Waals surface area contributed by atoms with Gasteiger partial charge in [0.1, 0.15) is 0 Å². The van der Waals surface area contributed by atoms with Crippen molar-refractivity contribution in [1.29, 1.82) is 0 Å². The van der Waals surface area contributed by atoms with E-state index in [0.717, 1.165) is 31.6 Å². The third kappa shape index (κ3) is 7.56. The highest BCUT2D eigenvalue weighted by Gasteiger charge is 2.11. The number of carbonyl (C=O) groups excluding carboxylic acids is 1. The molecule has 4 heteroatoms. The Hall–Kier alpha value is -1.00. The van der Waals surface area contributed by atoms with Crippen LogP contribution in [-0.2, 0) is 4.79 Å². The quantitative estimate of drug-likeness (QED) is 0.543. The minimum atomic E-state index is 0.0791. The first-order valence-electron chi connectivity index (χ1n) is 7.30. The van der Waals surface area contributed by atoms with E-state index in [0.29, 0.717) is 0 Å². The summed E-state index contributed by atoms with van der Waals surface area (Å²) in [5, 5.41) is 3.00. The predicted molar refractivity (Wildman–Crippen MR) is 86.8 cm³/mol. The second kappa shape index (κ2) is 9.83. The Bertz CT molecular complexity index is 381. The lowest BCUT2D eigenvalue weighted by atomic mass is 10.0. The molecule has 0 aliphatic carbocycles. The van der Waals surface area contributed by atoms with Crippen LogP contribution in [0.25, 0.3) is 0 Å². The van der Waals surface area contributed by atoms with Crippen LogP contribution < -0.4 is 11.1 Å². The van der Waals surface area contributed by atoms with Gasteiger partial charge in [0.05, 0.1) is 0 Å². The lowest BCUT2D eigenvalue weighted by molar-refractivity contribution is -0.124. The van der Waals surface area contributed by atoms with E-state index in [1.54, 1.807) is 11.8 Å². The van der Waals surface area contributed by atoms with E-state index in [1.165, 1.54) is 4.90 Å². The molecule has 0 radical (unpaired) electrons. The second-order valence-electron chi connectivity index (χ2n) is 5.26. The van der Waals surface area contributed by atoms with Crippen molar-refractivity contribution in [2.45, 2.75) is 44.0 Å². The highest BCUT2D eigenvalue weighted by Crippen LogP contribution is 2.16. The fraction of sp³-hybridized carbons (Fsp3) is 0.562. The number of benzene rings is 1. The van der Waals surface area contributed by atoms with Gasteiger partial charge in [-0.15, -0.1) is 11.8 Å². The van der Waals surface area contributed by atoms with Crippen LogP contribution in [0.4, 0.5) is 0 Å². The zero-order valence-electron chi connectivity index (χ0n) is 12.5. The Labute approximate surface area is 126 Å². The van der Waals surface area contributed by atoms with Crippen molar-refractivity contribution in [3.8, 4) is 0 Å². The van der Waals surface area contributed by atoms with Crippen LogP contribution in [0.2, 0.25) is 0 Å². The lowest BCUT2D eigenvalue weighted by Gasteiger charge is -2.12. The van der Waals surface area contributed by atoms with Crippen molar-refractivity contribution in [1.82, 2.24) is 5.32 Å².